The molecule has 0 atom stereocenters. The van der Waals surface area contributed by atoms with Gasteiger partial charge in [0.15, 0.2) is 0 Å². The van der Waals surface area contributed by atoms with E-state index in [-0.39, 0.29) is 5.91 Å². The highest BCUT2D eigenvalue weighted by Gasteiger charge is 2.06. The molecule has 0 spiro atoms. The summed E-state index contributed by atoms with van der Waals surface area (Å²) in [4.78, 5) is 15.5. The van der Waals surface area contributed by atoms with Crippen molar-refractivity contribution in [3.63, 3.8) is 0 Å². The molecule has 0 saturated carbocycles. The van der Waals surface area contributed by atoms with Crippen molar-refractivity contribution >= 4 is 54.9 Å². The number of aromatic nitrogens is 1. The minimum Gasteiger partial charge on any atom is -0.489 e. The smallest absolute Gasteiger partial charge is 0.271 e. The van der Waals surface area contributed by atoms with E-state index in [1.807, 2.05) is 48.7 Å². The molecule has 150 valence electrons. The summed E-state index contributed by atoms with van der Waals surface area (Å²) in [7, 11) is 0. The lowest BCUT2D eigenvalue weighted by atomic mass is 10.2. The fraction of sp³-hybridized carbons (Fsp3) is 0.0435. The van der Waals surface area contributed by atoms with Gasteiger partial charge in [-0.25, -0.2) is 5.43 Å². The van der Waals surface area contributed by atoms with Crippen molar-refractivity contribution in [2.45, 2.75) is 6.61 Å². The number of fused-ring (bicyclic) bond motifs is 1. The van der Waals surface area contributed by atoms with E-state index in [0.717, 1.165) is 31.0 Å². The van der Waals surface area contributed by atoms with Gasteiger partial charge in [0, 0.05) is 37.2 Å². The van der Waals surface area contributed by atoms with Gasteiger partial charge in [0.2, 0.25) is 0 Å². The Morgan fingerprint density at radius 1 is 1.03 bits per heavy atom. The molecule has 1 amide bonds. The second-order valence-electron chi connectivity index (χ2n) is 6.58. The average molecular weight is 527 g/mol. The third kappa shape index (κ3) is 4.98. The van der Waals surface area contributed by atoms with Gasteiger partial charge in [-0.05, 0) is 60.2 Å². The maximum Gasteiger partial charge on any atom is 0.271 e. The molecule has 7 heteroatoms. The number of H-pyrrole nitrogens is 1. The van der Waals surface area contributed by atoms with E-state index in [2.05, 4.69) is 47.4 Å². The van der Waals surface area contributed by atoms with Crippen molar-refractivity contribution in [3.05, 3.63) is 98.6 Å². The van der Waals surface area contributed by atoms with Crippen LogP contribution < -0.4 is 10.2 Å². The Morgan fingerprint density at radius 3 is 2.63 bits per heavy atom. The first kappa shape index (κ1) is 20.4. The van der Waals surface area contributed by atoms with Crippen LogP contribution in [-0.2, 0) is 6.61 Å². The molecule has 30 heavy (non-hydrogen) atoms. The average Bonchev–Trinajstić information content (AvgIpc) is 3.15. The Morgan fingerprint density at radius 2 is 1.83 bits per heavy atom. The molecule has 4 rings (SSSR count). The molecule has 0 unspecified atom stereocenters. The molecule has 0 fully saturated rings. The number of ether oxygens (including phenoxy) is 1. The number of rotatable bonds is 6. The van der Waals surface area contributed by atoms with Crippen LogP contribution in [0.1, 0.15) is 21.5 Å². The van der Waals surface area contributed by atoms with Crippen LogP contribution in [0.15, 0.2) is 87.0 Å². The third-order valence-corrected chi connectivity index (χ3v) is 5.44. The van der Waals surface area contributed by atoms with Crippen LogP contribution in [-0.4, -0.2) is 17.1 Å². The van der Waals surface area contributed by atoms with Crippen LogP contribution in [0.4, 0.5) is 0 Å². The number of hydrazone groups is 1. The van der Waals surface area contributed by atoms with E-state index >= 15 is 0 Å². The van der Waals surface area contributed by atoms with Crippen LogP contribution in [0.25, 0.3) is 10.9 Å². The molecule has 0 radical (unpaired) electrons. The zero-order chi connectivity index (χ0) is 20.9. The van der Waals surface area contributed by atoms with Crippen LogP contribution in [0.5, 0.6) is 5.75 Å². The van der Waals surface area contributed by atoms with Gasteiger partial charge in [-0.2, -0.15) is 5.10 Å². The minimum atomic E-state index is -0.286. The number of carbonyl (C=O) groups is 1. The predicted molar refractivity (Wildman–Crippen MR) is 126 cm³/mol. The lowest BCUT2D eigenvalue weighted by Gasteiger charge is -2.07. The third-order valence-electron chi connectivity index (χ3n) is 4.46. The van der Waals surface area contributed by atoms with E-state index in [9.17, 15) is 4.79 Å². The standard InChI is InChI=1S/C23H17Br2N3O2/c24-18-3-1-2-15(10-18)14-30-20-7-4-16(5-8-20)23(29)28-27-13-17-12-26-22-9-6-19(25)11-21(17)22/h1-13,26H,14H2,(H,28,29)/b27-13-. The molecule has 5 nitrogen and oxygen atoms in total. The van der Waals surface area contributed by atoms with Gasteiger partial charge in [0.25, 0.3) is 5.91 Å². The number of amides is 1. The number of nitrogens with zero attached hydrogens (tertiary/aromatic N) is 1. The second-order valence-corrected chi connectivity index (χ2v) is 8.41. The Labute approximate surface area is 190 Å². The molecule has 1 heterocycles. The molecule has 4 aromatic rings. The first-order valence-corrected chi connectivity index (χ1v) is 10.7. The molecular formula is C23H17Br2N3O2. The quantitative estimate of drug-likeness (QED) is 0.238. The van der Waals surface area contributed by atoms with Gasteiger partial charge in [-0.15, -0.1) is 0 Å². The summed E-state index contributed by atoms with van der Waals surface area (Å²) < 4.78 is 7.77. The highest BCUT2D eigenvalue weighted by molar-refractivity contribution is 9.10. The Kier molecular flexibility index (Phi) is 6.30. The number of nitrogens with one attached hydrogen (secondary N) is 2. The van der Waals surface area contributed by atoms with Crippen molar-refractivity contribution in [1.82, 2.24) is 10.4 Å². The molecule has 0 saturated heterocycles. The van der Waals surface area contributed by atoms with E-state index in [1.54, 1.807) is 30.5 Å². The van der Waals surface area contributed by atoms with E-state index < -0.39 is 0 Å². The first-order chi connectivity index (χ1) is 14.6. The molecule has 2 N–H and O–H groups in total. The lowest BCUT2D eigenvalue weighted by Crippen LogP contribution is -2.17. The molecule has 1 aromatic heterocycles. The zero-order valence-corrected chi connectivity index (χ0v) is 18.9. The van der Waals surface area contributed by atoms with Gasteiger partial charge < -0.3 is 9.72 Å². The molecule has 0 aliphatic heterocycles. The summed E-state index contributed by atoms with van der Waals surface area (Å²) in [5.74, 6) is 0.408. The van der Waals surface area contributed by atoms with Crippen LogP contribution in [0, 0.1) is 0 Å². The molecule has 0 bridgehead atoms. The topological polar surface area (TPSA) is 66.5 Å². The van der Waals surface area contributed by atoms with Crippen LogP contribution in [0.3, 0.4) is 0 Å². The molecule has 3 aromatic carbocycles. The monoisotopic (exact) mass is 525 g/mol. The highest BCUT2D eigenvalue weighted by Crippen LogP contribution is 2.21. The van der Waals surface area contributed by atoms with Crippen molar-refractivity contribution in [2.24, 2.45) is 5.10 Å². The van der Waals surface area contributed by atoms with Gasteiger partial charge in [0.05, 0.1) is 6.21 Å². The number of hydrogen-bond acceptors (Lipinski definition) is 3. The SMILES string of the molecule is O=C(N/N=C\c1c[nH]c2ccc(Br)cc12)c1ccc(OCc2cccc(Br)c2)cc1. The number of aromatic amines is 1. The van der Waals surface area contributed by atoms with E-state index in [1.165, 1.54) is 0 Å². The number of carbonyl (C=O) groups excluding carboxylic acids is 1. The maximum atomic E-state index is 12.3. The van der Waals surface area contributed by atoms with Gasteiger partial charge in [-0.1, -0.05) is 44.0 Å². The normalized spacial score (nSPS) is 11.1. The van der Waals surface area contributed by atoms with E-state index in [0.29, 0.717) is 17.9 Å². The summed E-state index contributed by atoms with van der Waals surface area (Å²) >= 11 is 6.91. The van der Waals surface area contributed by atoms with E-state index in [4.69, 9.17) is 4.74 Å². The molecule has 0 aliphatic carbocycles. The Balaban J connectivity index is 1.35. The largest absolute Gasteiger partial charge is 0.489 e. The van der Waals surface area contributed by atoms with Gasteiger partial charge in [0.1, 0.15) is 12.4 Å². The van der Waals surface area contributed by atoms with Crippen molar-refractivity contribution in [3.8, 4) is 5.75 Å². The van der Waals surface area contributed by atoms with Crippen molar-refractivity contribution in [2.75, 3.05) is 0 Å². The predicted octanol–water partition coefficient (Wildman–Crippen LogP) is 6.04. The van der Waals surface area contributed by atoms with Gasteiger partial charge >= 0.3 is 0 Å². The maximum absolute atomic E-state index is 12.3. The summed E-state index contributed by atoms with van der Waals surface area (Å²) in [5, 5.41) is 5.10. The summed E-state index contributed by atoms with van der Waals surface area (Å²) in [6.07, 6.45) is 3.48. The fourth-order valence-corrected chi connectivity index (χ4v) is 3.75. The van der Waals surface area contributed by atoms with Crippen LogP contribution >= 0.6 is 31.9 Å². The molecule has 0 aliphatic rings. The minimum absolute atomic E-state index is 0.286. The summed E-state index contributed by atoms with van der Waals surface area (Å²) in [5.41, 5.74) is 6.02. The Bertz CT molecular complexity index is 1220. The number of halogens is 2. The second kappa shape index (κ2) is 9.28. The number of hydrogen-bond donors (Lipinski definition) is 2. The van der Waals surface area contributed by atoms with Gasteiger partial charge in [-0.3, -0.25) is 4.79 Å². The zero-order valence-electron chi connectivity index (χ0n) is 15.7. The fourth-order valence-electron chi connectivity index (χ4n) is 2.94. The highest BCUT2D eigenvalue weighted by atomic mass is 79.9. The summed E-state index contributed by atoms with van der Waals surface area (Å²) in [6, 6.07) is 20.9. The summed E-state index contributed by atoms with van der Waals surface area (Å²) in [6.45, 7) is 0.454. The first-order valence-electron chi connectivity index (χ1n) is 9.16. The van der Waals surface area contributed by atoms with Crippen molar-refractivity contribution in [1.29, 1.82) is 0 Å². The number of benzene rings is 3. The Hall–Kier alpha value is -2.90. The lowest BCUT2D eigenvalue weighted by molar-refractivity contribution is 0.0955. The van der Waals surface area contributed by atoms with Crippen molar-refractivity contribution < 1.29 is 9.53 Å². The molecular weight excluding hydrogens is 510 g/mol. The van der Waals surface area contributed by atoms with Crippen LogP contribution in [0.2, 0.25) is 0 Å².